The summed E-state index contributed by atoms with van der Waals surface area (Å²) < 4.78 is 2.72. The Morgan fingerprint density at radius 1 is 1.45 bits per heavy atom. The predicted octanol–water partition coefficient (Wildman–Crippen LogP) is -0.574. The van der Waals surface area contributed by atoms with Crippen molar-refractivity contribution in [3.05, 3.63) is 36.7 Å². The number of halogens is 1. The van der Waals surface area contributed by atoms with Crippen molar-refractivity contribution in [2.24, 2.45) is 5.92 Å². The third kappa shape index (κ3) is 2.63. The minimum Gasteiger partial charge on any atom is -0.396 e. The van der Waals surface area contributed by atoms with Crippen molar-refractivity contribution < 1.29 is 15.0 Å². The van der Waals surface area contributed by atoms with E-state index in [2.05, 4.69) is 4.98 Å². The number of aromatic amines is 1. The quantitative estimate of drug-likeness (QED) is 0.597. The Labute approximate surface area is 127 Å². The Bertz CT molecular complexity index is 663. The van der Waals surface area contributed by atoms with Gasteiger partial charge in [-0.05, 0) is 10.2 Å². The standard InChI is InChI=1S/C12H13IN2O5/c13-2-1-6-4-15(12(20)14-11(6)19)8-3-9(17)7(5-16)10(8)18/h1-2,4,7-9,16-17H,3,5H2,(H,14,19,20). The van der Waals surface area contributed by atoms with Gasteiger partial charge in [0.15, 0.2) is 5.78 Å². The second-order valence-electron chi connectivity index (χ2n) is 4.55. The van der Waals surface area contributed by atoms with Crippen molar-refractivity contribution in [1.29, 1.82) is 0 Å². The molecule has 20 heavy (non-hydrogen) atoms. The van der Waals surface area contributed by atoms with Crippen LogP contribution in [0.1, 0.15) is 18.0 Å². The summed E-state index contributed by atoms with van der Waals surface area (Å²) in [5.74, 6) is -1.29. The van der Waals surface area contributed by atoms with Gasteiger partial charge in [0, 0.05) is 12.6 Å². The van der Waals surface area contributed by atoms with Gasteiger partial charge in [-0.3, -0.25) is 19.1 Å². The molecule has 1 aromatic heterocycles. The second kappa shape index (κ2) is 6.02. The highest BCUT2D eigenvalue weighted by Gasteiger charge is 2.42. The summed E-state index contributed by atoms with van der Waals surface area (Å²) in [6.45, 7) is -0.463. The third-order valence-electron chi connectivity index (χ3n) is 3.39. The van der Waals surface area contributed by atoms with Crippen LogP contribution >= 0.6 is 22.6 Å². The zero-order valence-electron chi connectivity index (χ0n) is 10.3. The zero-order valence-corrected chi connectivity index (χ0v) is 12.5. The molecule has 1 heterocycles. The van der Waals surface area contributed by atoms with E-state index in [1.165, 1.54) is 12.3 Å². The van der Waals surface area contributed by atoms with Crippen LogP contribution in [0.15, 0.2) is 19.9 Å². The van der Waals surface area contributed by atoms with Crippen LogP contribution < -0.4 is 11.2 Å². The highest BCUT2D eigenvalue weighted by atomic mass is 127. The molecule has 3 unspecified atom stereocenters. The number of carbonyl (C=O) groups is 1. The molecule has 0 spiro atoms. The highest BCUT2D eigenvalue weighted by Crippen LogP contribution is 2.30. The SMILES string of the molecule is O=C1C(CO)C(O)CC1n1cc(C=CI)c(=O)[nH]c1=O. The van der Waals surface area contributed by atoms with Gasteiger partial charge in [0.05, 0.1) is 30.2 Å². The van der Waals surface area contributed by atoms with E-state index in [0.29, 0.717) is 0 Å². The Balaban J connectivity index is 2.49. The maximum atomic E-state index is 12.1. The number of Topliss-reactive ketones (excluding diaryl/α,β-unsaturated/α-hetero) is 1. The molecule has 7 nitrogen and oxygen atoms in total. The van der Waals surface area contributed by atoms with Crippen LogP contribution in [0.25, 0.3) is 6.08 Å². The van der Waals surface area contributed by atoms with Crippen LogP contribution in [0.3, 0.4) is 0 Å². The van der Waals surface area contributed by atoms with Crippen molar-refractivity contribution in [3.63, 3.8) is 0 Å². The molecule has 1 aliphatic carbocycles. The number of carbonyl (C=O) groups excluding carboxylic acids is 1. The number of aromatic nitrogens is 2. The number of nitrogens with one attached hydrogen (secondary N) is 1. The molecule has 108 valence electrons. The van der Waals surface area contributed by atoms with E-state index in [9.17, 15) is 19.5 Å². The zero-order chi connectivity index (χ0) is 14.9. The van der Waals surface area contributed by atoms with E-state index in [0.717, 1.165) is 4.57 Å². The van der Waals surface area contributed by atoms with Crippen LogP contribution in [0.4, 0.5) is 0 Å². The van der Waals surface area contributed by atoms with Crippen molar-refractivity contribution in [3.8, 4) is 0 Å². The molecule has 3 N–H and O–H groups in total. The lowest BCUT2D eigenvalue weighted by Gasteiger charge is -2.12. The molecule has 0 aromatic carbocycles. The fraction of sp³-hybridized carbons (Fsp3) is 0.417. The molecule has 0 aliphatic heterocycles. The lowest BCUT2D eigenvalue weighted by molar-refractivity contribution is -0.125. The fourth-order valence-corrected chi connectivity index (χ4v) is 2.71. The molecule has 0 radical (unpaired) electrons. The molecule has 0 saturated heterocycles. The van der Waals surface area contributed by atoms with E-state index in [4.69, 9.17) is 5.11 Å². The summed E-state index contributed by atoms with van der Waals surface area (Å²) in [4.78, 5) is 37.6. The number of ketones is 1. The summed E-state index contributed by atoms with van der Waals surface area (Å²) in [6.07, 6.45) is 1.86. The van der Waals surface area contributed by atoms with Gasteiger partial charge in [-0.2, -0.15) is 0 Å². The number of hydrogen-bond donors (Lipinski definition) is 3. The Morgan fingerprint density at radius 3 is 2.70 bits per heavy atom. The van der Waals surface area contributed by atoms with E-state index in [-0.39, 0.29) is 12.0 Å². The summed E-state index contributed by atoms with van der Waals surface area (Å²) in [5.41, 5.74) is -0.998. The fourth-order valence-electron chi connectivity index (χ4n) is 2.33. The maximum Gasteiger partial charge on any atom is 0.329 e. The molecule has 8 heteroatoms. The van der Waals surface area contributed by atoms with Crippen LogP contribution in [0.2, 0.25) is 0 Å². The first kappa shape index (κ1) is 15.1. The van der Waals surface area contributed by atoms with Gasteiger partial charge in [0.2, 0.25) is 0 Å². The van der Waals surface area contributed by atoms with Crippen molar-refractivity contribution >= 4 is 34.5 Å². The van der Waals surface area contributed by atoms with E-state index >= 15 is 0 Å². The van der Waals surface area contributed by atoms with Crippen molar-refractivity contribution in [2.45, 2.75) is 18.6 Å². The molecule has 0 bridgehead atoms. The first-order valence-electron chi connectivity index (χ1n) is 5.94. The average Bonchev–Trinajstić information content (AvgIpc) is 2.68. The Hall–Kier alpha value is -1.26. The number of rotatable bonds is 3. The first-order valence-corrected chi connectivity index (χ1v) is 7.19. The normalized spacial score (nSPS) is 26.6. The molecule has 1 fully saturated rings. The predicted molar refractivity (Wildman–Crippen MR) is 79.6 cm³/mol. The topological polar surface area (TPSA) is 112 Å². The van der Waals surface area contributed by atoms with E-state index < -0.39 is 41.7 Å². The molecular weight excluding hydrogens is 379 g/mol. The van der Waals surface area contributed by atoms with Gasteiger partial charge in [-0.15, -0.1) is 0 Å². The molecule has 1 aliphatic rings. The van der Waals surface area contributed by atoms with Gasteiger partial charge in [-0.25, -0.2) is 4.79 Å². The monoisotopic (exact) mass is 392 g/mol. The van der Waals surface area contributed by atoms with E-state index in [1.807, 2.05) is 22.6 Å². The highest BCUT2D eigenvalue weighted by molar-refractivity contribution is 14.1. The van der Waals surface area contributed by atoms with Crippen molar-refractivity contribution in [2.75, 3.05) is 6.61 Å². The smallest absolute Gasteiger partial charge is 0.329 e. The lowest BCUT2D eigenvalue weighted by Crippen LogP contribution is -2.35. The molecule has 3 atom stereocenters. The summed E-state index contributed by atoms with van der Waals surface area (Å²) in [5, 5.41) is 18.8. The number of aliphatic hydroxyl groups excluding tert-OH is 2. The maximum absolute atomic E-state index is 12.1. The third-order valence-corrected chi connectivity index (χ3v) is 3.75. The van der Waals surface area contributed by atoms with Gasteiger partial charge in [0.25, 0.3) is 5.56 Å². The first-order chi connectivity index (χ1) is 9.49. The van der Waals surface area contributed by atoms with Gasteiger partial charge >= 0.3 is 5.69 Å². The average molecular weight is 392 g/mol. The number of aliphatic hydroxyl groups is 2. The lowest BCUT2D eigenvalue weighted by atomic mass is 10.1. The number of H-pyrrole nitrogens is 1. The van der Waals surface area contributed by atoms with E-state index in [1.54, 1.807) is 4.08 Å². The Morgan fingerprint density at radius 2 is 2.15 bits per heavy atom. The van der Waals surface area contributed by atoms with Crippen LogP contribution in [-0.4, -0.2) is 38.3 Å². The molecule has 1 saturated carbocycles. The molecule has 2 rings (SSSR count). The van der Waals surface area contributed by atoms with Crippen LogP contribution in [0.5, 0.6) is 0 Å². The van der Waals surface area contributed by atoms with Crippen LogP contribution in [0, 0.1) is 5.92 Å². The van der Waals surface area contributed by atoms with Gasteiger partial charge in [-0.1, -0.05) is 22.6 Å². The number of nitrogens with zero attached hydrogens (tertiary/aromatic N) is 1. The molecule has 0 amide bonds. The number of hydrogen-bond acceptors (Lipinski definition) is 5. The van der Waals surface area contributed by atoms with Gasteiger partial charge in [0.1, 0.15) is 0 Å². The summed E-state index contributed by atoms with van der Waals surface area (Å²) in [6, 6.07) is -0.868. The summed E-state index contributed by atoms with van der Waals surface area (Å²) in [7, 11) is 0. The van der Waals surface area contributed by atoms with Crippen LogP contribution in [-0.2, 0) is 4.79 Å². The minimum atomic E-state index is -0.986. The Kier molecular flexibility index (Phi) is 4.55. The minimum absolute atomic E-state index is 0.0450. The molecule has 1 aromatic rings. The van der Waals surface area contributed by atoms with Gasteiger partial charge < -0.3 is 10.2 Å². The second-order valence-corrected chi connectivity index (χ2v) is 5.27. The molecular formula is C12H13IN2O5. The largest absolute Gasteiger partial charge is 0.396 e. The summed E-state index contributed by atoms with van der Waals surface area (Å²) >= 11 is 1.93. The van der Waals surface area contributed by atoms with Crippen molar-refractivity contribution in [1.82, 2.24) is 9.55 Å².